The molecule has 1 aliphatic carbocycles. The lowest BCUT2D eigenvalue weighted by Crippen LogP contribution is -2.12. The van der Waals surface area contributed by atoms with Crippen LogP contribution in [0.15, 0.2) is 170 Å². The molecule has 51 heavy (non-hydrogen) atoms. The molecule has 1 aliphatic rings. The molecule has 11 rings (SSSR count). The molecule has 7 aromatic carbocycles. The van der Waals surface area contributed by atoms with Crippen molar-refractivity contribution in [3.05, 3.63) is 187 Å². The van der Waals surface area contributed by atoms with E-state index in [2.05, 4.69) is 161 Å². The third kappa shape index (κ3) is 4.06. The second kappa shape index (κ2) is 10.8. The van der Waals surface area contributed by atoms with Crippen molar-refractivity contribution in [2.75, 3.05) is 0 Å². The summed E-state index contributed by atoms with van der Waals surface area (Å²) in [6, 6.07) is 60.0. The van der Waals surface area contributed by atoms with Gasteiger partial charge < -0.3 is 4.57 Å². The van der Waals surface area contributed by atoms with Crippen LogP contribution in [0.5, 0.6) is 0 Å². The van der Waals surface area contributed by atoms with E-state index in [1.807, 2.05) is 18.2 Å². The first-order valence-corrected chi connectivity index (χ1v) is 17.3. The molecule has 0 bridgehead atoms. The van der Waals surface area contributed by atoms with Crippen LogP contribution in [-0.2, 0) is 0 Å². The third-order valence-corrected chi connectivity index (χ3v) is 10.4. The molecule has 0 radical (unpaired) electrons. The largest absolute Gasteiger partial charge is 0.307 e. The Morgan fingerprint density at radius 3 is 1.55 bits per heavy atom. The van der Waals surface area contributed by atoms with E-state index in [0.29, 0.717) is 11.8 Å². The lowest BCUT2D eigenvalue weighted by molar-refractivity contribution is 0.823. The highest BCUT2D eigenvalue weighted by Crippen LogP contribution is 2.47. The third-order valence-electron chi connectivity index (χ3n) is 10.4. The predicted octanol–water partition coefficient (Wildman–Crippen LogP) is 10.9. The summed E-state index contributed by atoms with van der Waals surface area (Å²) >= 11 is 0. The first kappa shape index (κ1) is 28.0. The molecule has 0 saturated heterocycles. The highest BCUT2D eigenvalue weighted by Gasteiger charge is 2.33. The van der Waals surface area contributed by atoms with Crippen molar-refractivity contribution in [1.82, 2.24) is 24.1 Å². The van der Waals surface area contributed by atoms with Crippen LogP contribution in [0.3, 0.4) is 0 Å². The molecule has 0 saturated carbocycles. The minimum absolute atomic E-state index is 0.134. The summed E-state index contributed by atoms with van der Waals surface area (Å²) in [5, 5.41) is 4.69. The first-order chi connectivity index (χ1) is 25.3. The predicted molar refractivity (Wildman–Crippen MR) is 207 cm³/mol. The minimum Gasteiger partial charge on any atom is -0.307 e. The summed E-state index contributed by atoms with van der Waals surface area (Å²) in [6.07, 6.45) is 0. The molecular weight excluding hydrogens is 623 g/mol. The quantitative estimate of drug-likeness (QED) is 0.190. The smallest absolute Gasteiger partial charge is 0.238 e. The zero-order valence-electron chi connectivity index (χ0n) is 27.5. The minimum atomic E-state index is -0.134. The second-order valence-corrected chi connectivity index (χ2v) is 13.2. The Bertz CT molecular complexity index is 2930. The maximum atomic E-state index is 5.48. The van der Waals surface area contributed by atoms with E-state index in [-0.39, 0.29) is 5.92 Å². The van der Waals surface area contributed by atoms with Gasteiger partial charge in [-0.1, -0.05) is 146 Å². The summed E-state index contributed by atoms with van der Waals surface area (Å²) in [5.74, 6) is 1.85. The summed E-state index contributed by atoms with van der Waals surface area (Å²) in [6.45, 7) is 0. The molecule has 3 aromatic heterocycles. The van der Waals surface area contributed by atoms with Gasteiger partial charge in [0.05, 0.1) is 28.0 Å². The molecule has 0 unspecified atom stereocenters. The van der Waals surface area contributed by atoms with E-state index >= 15 is 0 Å². The first-order valence-electron chi connectivity index (χ1n) is 17.3. The average Bonchev–Trinajstić information content (AvgIpc) is 3.84. The van der Waals surface area contributed by atoms with E-state index in [9.17, 15) is 0 Å². The number of benzene rings is 7. The van der Waals surface area contributed by atoms with Crippen molar-refractivity contribution in [3.63, 3.8) is 0 Å². The number of para-hydroxylation sites is 3. The van der Waals surface area contributed by atoms with Gasteiger partial charge in [0.15, 0.2) is 5.82 Å². The van der Waals surface area contributed by atoms with E-state index in [4.69, 9.17) is 15.0 Å². The molecule has 0 spiro atoms. The van der Waals surface area contributed by atoms with Gasteiger partial charge in [-0.3, -0.25) is 4.57 Å². The number of fused-ring (bicyclic) bond motifs is 10. The maximum Gasteiger partial charge on any atom is 0.238 e. The van der Waals surface area contributed by atoms with E-state index < -0.39 is 0 Å². The normalized spacial score (nSPS) is 12.6. The second-order valence-electron chi connectivity index (χ2n) is 13.2. The lowest BCUT2D eigenvalue weighted by Gasteiger charge is -2.16. The molecule has 0 aliphatic heterocycles. The maximum absolute atomic E-state index is 5.48. The fourth-order valence-electron chi connectivity index (χ4n) is 8.31. The van der Waals surface area contributed by atoms with Crippen LogP contribution in [0.1, 0.15) is 22.9 Å². The van der Waals surface area contributed by atoms with Gasteiger partial charge in [-0.25, -0.2) is 4.98 Å². The molecule has 0 N–H and O–H groups in total. The van der Waals surface area contributed by atoms with Crippen LogP contribution in [0.4, 0.5) is 0 Å². The fraction of sp³-hybridized carbons (Fsp3) is 0.0217. The monoisotopic (exact) mass is 651 g/mol. The van der Waals surface area contributed by atoms with Gasteiger partial charge in [0.2, 0.25) is 5.95 Å². The molecule has 3 heterocycles. The Labute approximate surface area is 293 Å². The van der Waals surface area contributed by atoms with Crippen LogP contribution in [0, 0.1) is 0 Å². The van der Waals surface area contributed by atoms with Gasteiger partial charge in [0.1, 0.15) is 5.82 Å². The van der Waals surface area contributed by atoms with Crippen LogP contribution in [0.2, 0.25) is 0 Å². The molecule has 0 atom stereocenters. The van der Waals surface area contributed by atoms with Gasteiger partial charge in [0, 0.05) is 32.8 Å². The van der Waals surface area contributed by atoms with Crippen molar-refractivity contribution >= 4 is 43.6 Å². The summed E-state index contributed by atoms with van der Waals surface area (Å²) in [7, 11) is 0. The number of aromatic nitrogens is 5. The Morgan fingerprint density at radius 1 is 0.392 bits per heavy atom. The highest BCUT2D eigenvalue weighted by molar-refractivity contribution is 6.23. The van der Waals surface area contributed by atoms with Crippen LogP contribution in [-0.4, -0.2) is 24.1 Å². The SMILES string of the molecule is c1ccc(-c2nc(C3c4ccccc4-c4ccccc43)nc(-n3c4ccccc4c4ccc5c6ccccc6n(-c6ccccc6)c5c43)n2)cc1. The average molecular weight is 652 g/mol. The van der Waals surface area contributed by atoms with Crippen LogP contribution < -0.4 is 0 Å². The number of hydrogen-bond acceptors (Lipinski definition) is 3. The Morgan fingerprint density at radius 2 is 0.902 bits per heavy atom. The van der Waals surface area contributed by atoms with E-state index in [0.717, 1.165) is 49.9 Å². The number of rotatable bonds is 4. The molecule has 5 heteroatoms. The molecule has 238 valence electrons. The van der Waals surface area contributed by atoms with E-state index in [1.54, 1.807) is 0 Å². The molecule has 5 nitrogen and oxygen atoms in total. The van der Waals surface area contributed by atoms with Crippen LogP contribution >= 0.6 is 0 Å². The van der Waals surface area contributed by atoms with Gasteiger partial charge in [0.25, 0.3) is 0 Å². The van der Waals surface area contributed by atoms with Crippen molar-refractivity contribution in [1.29, 1.82) is 0 Å². The Hall–Kier alpha value is -6.85. The van der Waals surface area contributed by atoms with Gasteiger partial charge >= 0.3 is 0 Å². The van der Waals surface area contributed by atoms with Crippen molar-refractivity contribution in [2.24, 2.45) is 0 Å². The fourth-order valence-corrected chi connectivity index (χ4v) is 8.31. The number of hydrogen-bond donors (Lipinski definition) is 0. The van der Waals surface area contributed by atoms with E-state index in [1.165, 1.54) is 33.0 Å². The Kier molecular flexibility index (Phi) is 5.95. The summed E-state index contributed by atoms with van der Waals surface area (Å²) < 4.78 is 4.67. The summed E-state index contributed by atoms with van der Waals surface area (Å²) in [5.41, 5.74) is 11.3. The van der Waals surface area contributed by atoms with Crippen molar-refractivity contribution < 1.29 is 0 Å². The van der Waals surface area contributed by atoms with Crippen LogP contribution in [0.25, 0.3) is 77.8 Å². The van der Waals surface area contributed by atoms with Crippen molar-refractivity contribution in [2.45, 2.75) is 5.92 Å². The highest BCUT2D eigenvalue weighted by atomic mass is 15.2. The molecule has 0 fully saturated rings. The Balaban J connectivity index is 1.29. The summed E-state index contributed by atoms with van der Waals surface area (Å²) in [4.78, 5) is 16.1. The molecule has 10 aromatic rings. The van der Waals surface area contributed by atoms with Gasteiger partial charge in [-0.15, -0.1) is 0 Å². The zero-order chi connectivity index (χ0) is 33.5. The zero-order valence-corrected chi connectivity index (χ0v) is 27.5. The standard InChI is InChI=1S/C46H29N5/c1-3-15-29(16-4-1)44-47-45(41-35-23-9-7-19-31(35)32-20-8-10-24-36(32)41)49-46(48-44)51-40-26-14-12-22-34(40)38-28-27-37-33-21-11-13-25-39(33)50(42(37)43(38)51)30-17-5-2-6-18-30/h1-28,41H. The lowest BCUT2D eigenvalue weighted by atomic mass is 9.96. The number of nitrogens with zero attached hydrogens (tertiary/aromatic N) is 5. The molecular formula is C46H29N5. The molecule has 0 amide bonds. The van der Waals surface area contributed by atoms with Gasteiger partial charge in [-0.2, -0.15) is 9.97 Å². The topological polar surface area (TPSA) is 48.5 Å². The van der Waals surface area contributed by atoms with Gasteiger partial charge in [-0.05, 0) is 46.5 Å². The van der Waals surface area contributed by atoms with Crippen molar-refractivity contribution in [3.8, 4) is 34.2 Å².